The van der Waals surface area contributed by atoms with Crippen LogP contribution < -0.4 is 10.2 Å². The molecule has 0 bridgehead atoms. The van der Waals surface area contributed by atoms with Gasteiger partial charge in [0.1, 0.15) is 23.0 Å². The first-order valence-electron chi connectivity index (χ1n) is 8.95. The number of hydrogen-bond donors (Lipinski definition) is 1. The molecule has 9 heteroatoms. The van der Waals surface area contributed by atoms with Crippen LogP contribution >= 0.6 is 0 Å². The van der Waals surface area contributed by atoms with Gasteiger partial charge in [-0.3, -0.25) is 4.79 Å². The van der Waals surface area contributed by atoms with E-state index in [-0.39, 0.29) is 22.6 Å². The molecule has 0 radical (unpaired) electrons. The fourth-order valence-electron chi connectivity index (χ4n) is 3.10. The summed E-state index contributed by atoms with van der Waals surface area (Å²) in [5.41, 5.74) is -2.07. The minimum atomic E-state index is -4.64. The zero-order chi connectivity index (χ0) is 22.9. The molecule has 0 saturated heterocycles. The van der Waals surface area contributed by atoms with Crippen LogP contribution in [-0.4, -0.2) is 13.0 Å². The van der Waals surface area contributed by atoms with Crippen molar-refractivity contribution >= 4 is 23.0 Å². The number of carbonyl (C=O) groups is 1. The molecule has 1 N–H and O–H groups in total. The zero-order valence-corrected chi connectivity index (χ0v) is 16.3. The largest absolute Gasteiger partial charge is 0.418 e. The van der Waals surface area contributed by atoms with Gasteiger partial charge in [0.05, 0.1) is 16.9 Å². The predicted octanol–water partition coefficient (Wildman–Crippen LogP) is 6.45. The minimum Gasteiger partial charge on any atom is -0.342 e. The van der Waals surface area contributed by atoms with Crippen LogP contribution in [0.4, 0.5) is 43.4 Å². The Morgan fingerprint density at radius 3 is 2.06 bits per heavy atom. The van der Waals surface area contributed by atoms with Crippen molar-refractivity contribution in [2.24, 2.45) is 0 Å². The Kier molecular flexibility index (Phi) is 5.97. The Bertz CT molecular complexity index is 1120. The van der Waals surface area contributed by atoms with Crippen LogP contribution in [0.2, 0.25) is 0 Å². The number of benzene rings is 3. The lowest BCUT2D eigenvalue weighted by molar-refractivity contribution is -0.137. The molecule has 1 amide bonds. The summed E-state index contributed by atoms with van der Waals surface area (Å²) in [6, 6.07) is 9.86. The normalized spacial score (nSPS) is 11.4. The van der Waals surface area contributed by atoms with E-state index in [1.807, 2.05) is 0 Å². The minimum absolute atomic E-state index is 0.122. The molecule has 3 nitrogen and oxygen atoms in total. The molecule has 3 rings (SSSR count). The van der Waals surface area contributed by atoms with Crippen molar-refractivity contribution < 1.29 is 31.1 Å². The van der Waals surface area contributed by atoms with E-state index >= 15 is 0 Å². The third-order valence-corrected chi connectivity index (χ3v) is 4.55. The average Bonchev–Trinajstić information content (AvgIpc) is 2.66. The fraction of sp³-hybridized carbons (Fsp3) is 0.136. The molecule has 0 aliphatic carbocycles. The number of anilines is 3. The molecule has 162 valence electrons. The van der Waals surface area contributed by atoms with E-state index in [9.17, 15) is 31.1 Å². The van der Waals surface area contributed by atoms with Gasteiger partial charge in [0, 0.05) is 12.7 Å². The summed E-state index contributed by atoms with van der Waals surface area (Å²) in [5, 5.41) is 2.18. The van der Waals surface area contributed by atoms with Gasteiger partial charge in [-0.05, 0) is 55.0 Å². The Morgan fingerprint density at radius 2 is 1.48 bits per heavy atom. The van der Waals surface area contributed by atoms with Crippen LogP contribution in [0.5, 0.6) is 0 Å². The van der Waals surface area contributed by atoms with Crippen molar-refractivity contribution in [2.75, 3.05) is 17.3 Å². The first-order valence-corrected chi connectivity index (χ1v) is 8.95. The Balaban J connectivity index is 1.89. The van der Waals surface area contributed by atoms with Crippen LogP contribution in [0, 0.1) is 24.4 Å². The Morgan fingerprint density at radius 1 is 0.871 bits per heavy atom. The highest BCUT2D eigenvalue weighted by Gasteiger charge is 2.34. The lowest BCUT2D eigenvalue weighted by Gasteiger charge is -2.24. The highest BCUT2D eigenvalue weighted by Crippen LogP contribution is 2.39. The number of nitrogens with zero attached hydrogens (tertiary/aromatic N) is 1. The standard InChI is InChI=1S/C22H16F6N2O/c1-12-9-16(24)20(17(25)10-12)21(31)29-13-7-8-19(15(23)11-13)30(2)18-6-4-3-5-14(18)22(26,27)28/h3-11H,1-2H3,(H,29,31). The molecule has 31 heavy (non-hydrogen) atoms. The molecular formula is C22H16F6N2O. The maximum atomic E-state index is 14.7. The van der Waals surface area contributed by atoms with E-state index in [0.29, 0.717) is 0 Å². The number of rotatable bonds is 4. The van der Waals surface area contributed by atoms with Crippen LogP contribution in [-0.2, 0) is 6.18 Å². The van der Waals surface area contributed by atoms with E-state index in [2.05, 4.69) is 5.32 Å². The van der Waals surface area contributed by atoms with Crippen molar-refractivity contribution in [3.63, 3.8) is 0 Å². The molecular weight excluding hydrogens is 422 g/mol. The average molecular weight is 438 g/mol. The molecule has 0 aromatic heterocycles. The lowest BCUT2D eigenvalue weighted by Crippen LogP contribution is -2.18. The monoisotopic (exact) mass is 438 g/mol. The van der Waals surface area contributed by atoms with Gasteiger partial charge in [-0.15, -0.1) is 0 Å². The number of halogens is 6. The molecule has 3 aromatic carbocycles. The highest BCUT2D eigenvalue weighted by atomic mass is 19.4. The number of aryl methyl sites for hydroxylation is 1. The van der Waals surface area contributed by atoms with Crippen LogP contribution in [0.3, 0.4) is 0 Å². The molecule has 3 aromatic rings. The summed E-state index contributed by atoms with van der Waals surface area (Å²) in [6.07, 6.45) is -4.64. The topological polar surface area (TPSA) is 32.3 Å². The SMILES string of the molecule is Cc1cc(F)c(C(=O)Nc2ccc(N(C)c3ccccc3C(F)(F)F)c(F)c2)c(F)c1. The second-order valence-corrected chi connectivity index (χ2v) is 6.80. The molecule has 0 fully saturated rings. The van der Waals surface area contributed by atoms with Gasteiger partial charge in [-0.2, -0.15) is 13.2 Å². The summed E-state index contributed by atoms with van der Waals surface area (Å²) < 4.78 is 82.3. The Labute approximate surface area is 173 Å². The second-order valence-electron chi connectivity index (χ2n) is 6.80. The van der Waals surface area contributed by atoms with Crippen LogP contribution in [0.25, 0.3) is 0 Å². The first-order chi connectivity index (χ1) is 14.5. The summed E-state index contributed by atoms with van der Waals surface area (Å²) in [7, 11) is 1.26. The van der Waals surface area contributed by atoms with Crippen molar-refractivity contribution in [2.45, 2.75) is 13.1 Å². The molecule has 0 aliphatic rings. The molecule has 0 unspecified atom stereocenters. The molecule has 0 atom stereocenters. The molecule has 0 aliphatic heterocycles. The Hall–Kier alpha value is -3.49. The molecule has 0 saturated carbocycles. The zero-order valence-electron chi connectivity index (χ0n) is 16.3. The fourth-order valence-corrected chi connectivity index (χ4v) is 3.10. The van der Waals surface area contributed by atoms with Gasteiger partial charge in [0.25, 0.3) is 5.91 Å². The van der Waals surface area contributed by atoms with Crippen molar-refractivity contribution in [3.8, 4) is 0 Å². The second kappa shape index (κ2) is 8.33. The van der Waals surface area contributed by atoms with E-state index < -0.39 is 40.7 Å². The van der Waals surface area contributed by atoms with Crippen molar-refractivity contribution in [3.05, 3.63) is 88.7 Å². The van der Waals surface area contributed by atoms with Crippen molar-refractivity contribution in [1.82, 2.24) is 0 Å². The van der Waals surface area contributed by atoms with Crippen molar-refractivity contribution in [1.29, 1.82) is 0 Å². The summed E-state index contributed by atoms with van der Waals surface area (Å²) in [6.45, 7) is 1.45. The molecule has 0 spiro atoms. The number of hydrogen-bond acceptors (Lipinski definition) is 2. The predicted molar refractivity (Wildman–Crippen MR) is 105 cm³/mol. The van der Waals surface area contributed by atoms with Gasteiger partial charge in [-0.25, -0.2) is 13.2 Å². The van der Waals surface area contributed by atoms with E-state index in [0.717, 1.165) is 35.2 Å². The maximum absolute atomic E-state index is 14.7. The lowest BCUT2D eigenvalue weighted by atomic mass is 10.1. The van der Waals surface area contributed by atoms with Gasteiger partial charge in [-0.1, -0.05) is 12.1 Å². The van der Waals surface area contributed by atoms with Gasteiger partial charge in [0.2, 0.25) is 0 Å². The van der Waals surface area contributed by atoms with E-state index in [1.165, 1.54) is 38.2 Å². The number of carbonyl (C=O) groups excluding carboxylic acids is 1. The number of nitrogens with one attached hydrogen (secondary N) is 1. The number of alkyl halides is 3. The third kappa shape index (κ3) is 4.65. The van der Waals surface area contributed by atoms with Gasteiger partial charge >= 0.3 is 6.18 Å². The summed E-state index contributed by atoms with van der Waals surface area (Å²) >= 11 is 0. The summed E-state index contributed by atoms with van der Waals surface area (Å²) in [4.78, 5) is 13.2. The highest BCUT2D eigenvalue weighted by molar-refractivity contribution is 6.04. The quantitative estimate of drug-likeness (QED) is 0.475. The first kappa shape index (κ1) is 22.2. The van der Waals surface area contributed by atoms with E-state index in [1.54, 1.807) is 0 Å². The number of para-hydroxylation sites is 1. The third-order valence-electron chi connectivity index (χ3n) is 4.55. The smallest absolute Gasteiger partial charge is 0.342 e. The summed E-state index contributed by atoms with van der Waals surface area (Å²) in [5.74, 6) is -4.22. The molecule has 0 heterocycles. The maximum Gasteiger partial charge on any atom is 0.418 e. The van der Waals surface area contributed by atoms with E-state index in [4.69, 9.17) is 0 Å². The van der Waals surface area contributed by atoms with Crippen LogP contribution in [0.1, 0.15) is 21.5 Å². The van der Waals surface area contributed by atoms with Gasteiger partial charge in [0.15, 0.2) is 0 Å². The van der Waals surface area contributed by atoms with Gasteiger partial charge < -0.3 is 10.2 Å². The van der Waals surface area contributed by atoms with Crippen LogP contribution in [0.15, 0.2) is 54.6 Å². The number of amides is 1.